The Bertz CT molecular complexity index is 1350. The van der Waals surface area contributed by atoms with E-state index in [1.54, 1.807) is 17.0 Å². The lowest BCUT2D eigenvalue weighted by Gasteiger charge is -2.58. The first-order chi connectivity index (χ1) is 19.0. The van der Waals surface area contributed by atoms with Gasteiger partial charge in [0.25, 0.3) is 0 Å². The number of hydrogen-bond donors (Lipinski definition) is 2. The highest BCUT2D eigenvalue weighted by molar-refractivity contribution is 6.25. The number of aryl methyl sites for hydroxylation is 1. The van der Waals surface area contributed by atoms with E-state index in [1.165, 1.54) is 0 Å². The molecule has 3 heterocycles. The fraction of sp³-hybridized carbons (Fsp3) is 0.719. The molecule has 7 rings (SSSR count). The van der Waals surface area contributed by atoms with Gasteiger partial charge in [-0.15, -0.1) is 0 Å². The minimum absolute atomic E-state index is 0.0885. The molecule has 2 N–H and O–H groups in total. The summed E-state index contributed by atoms with van der Waals surface area (Å²) >= 11 is 0. The van der Waals surface area contributed by atoms with E-state index in [-0.39, 0.29) is 47.8 Å². The number of allylic oxidation sites excluding steroid dienone is 1. The van der Waals surface area contributed by atoms with Crippen molar-refractivity contribution in [3.05, 3.63) is 35.2 Å². The predicted molar refractivity (Wildman–Crippen MR) is 147 cm³/mol. The second-order valence-corrected chi connectivity index (χ2v) is 14.1. The van der Waals surface area contributed by atoms with Gasteiger partial charge >= 0.3 is 5.97 Å². The lowest BCUT2D eigenvalue weighted by atomic mass is 9.43. The summed E-state index contributed by atoms with van der Waals surface area (Å²) in [5.74, 6) is 1.29. The first-order valence-electron chi connectivity index (χ1n) is 15.1. The number of aromatic nitrogens is 2. The maximum absolute atomic E-state index is 14.4. The zero-order valence-corrected chi connectivity index (χ0v) is 24.2. The van der Waals surface area contributed by atoms with E-state index < -0.39 is 17.1 Å². The molecule has 1 aromatic rings. The van der Waals surface area contributed by atoms with Crippen LogP contribution in [0.2, 0.25) is 0 Å². The van der Waals surface area contributed by atoms with Crippen LogP contribution in [-0.4, -0.2) is 62.3 Å². The number of nitrogens with zero attached hydrogens (tertiary/aromatic N) is 2. The second kappa shape index (κ2) is 8.62. The third kappa shape index (κ3) is 3.21. The monoisotopic (exact) mass is 550 g/mol. The minimum atomic E-state index is -0.819. The summed E-state index contributed by atoms with van der Waals surface area (Å²) in [4.78, 5) is 27.0. The fourth-order valence-electron chi connectivity index (χ4n) is 10.6. The largest absolute Gasteiger partial charge is 0.458 e. The van der Waals surface area contributed by atoms with Crippen LogP contribution < -0.4 is 0 Å². The molecule has 40 heavy (non-hydrogen) atoms. The van der Waals surface area contributed by atoms with Crippen molar-refractivity contribution in [2.75, 3.05) is 6.61 Å². The second-order valence-electron chi connectivity index (χ2n) is 14.1. The molecule has 4 fully saturated rings. The van der Waals surface area contributed by atoms with Crippen LogP contribution in [0.1, 0.15) is 71.8 Å². The average Bonchev–Trinajstić information content (AvgIpc) is 3.33. The van der Waals surface area contributed by atoms with Crippen molar-refractivity contribution in [3.8, 4) is 0 Å². The molecule has 1 aromatic heterocycles. The molecule has 1 unspecified atom stereocenters. The zero-order valence-electron chi connectivity index (χ0n) is 24.2. The van der Waals surface area contributed by atoms with Gasteiger partial charge in [-0.05, 0) is 87.0 Å². The SMILES string of the molecule is CC1=C(CO)C(=O)O[C@@H]([C@@H](C)[C@H]2CC[C@H]3[C@@H]4CC5O[C@]56[C@@H](O)C=C(c5cnn(C)c5)C(=O)[C@]6(C)[C@H]4CC[C@]23C)C1. The summed E-state index contributed by atoms with van der Waals surface area (Å²) in [5.41, 5.74) is 1.15. The van der Waals surface area contributed by atoms with Crippen molar-refractivity contribution >= 4 is 17.3 Å². The van der Waals surface area contributed by atoms with Gasteiger partial charge in [0.05, 0.1) is 29.9 Å². The van der Waals surface area contributed by atoms with E-state index in [4.69, 9.17) is 9.47 Å². The minimum Gasteiger partial charge on any atom is -0.458 e. The molecule has 6 aliphatic rings. The van der Waals surface area contributed by atoms with Gasteiger partial charge in [-0.25, -0.2) is 4.79 Å². The molecule has 3 saturated carbocycles. The average molecular weight is 551 g/mol. The van der Waals surface area contributed by atoms with Crippen molar-refractivity contribution in [1.29, 1.82) is 0 Å². The zero-order chi connectivity index (χ0) is 28.4. The Morgan fingerprint density at radius 3 is 2.65 bits per heavy atom. The van der Waals surface area contributed by atoms with Gasteiger partial charge in [0.15, 0.2) is 5.78 Å². The van der Waals surface area contributed by atoms with Crippen LogP contribution in [0.3, 0.4) is 0 Å². The highest BCUT2D eigenvalue weighted by Crippen LogP contribution is 2.73. The number of esters is 1. The molecule has 8 heteroatoms. The van der Waals surface area contributed by atoms with Crippen LogP contribution in [0.15, 0.2) is 29.6 Å². The van der Waals surface area contributed by atoms with E-state index >= 15 is 0 Å². The molecular weight excluding hydrogens is 508 g/mol. The number of Topliss-reactive ketones (excluding diaryl/α,β-unsaturated/α-hetero) is 1. The fourth-order valence-corrected chi connectivity index (χ4v) is 10.6. The Morgan fingerprint density at radius 2 is 1.98 bits per heavy atom. The van der Waals surface area contributed by atoms with Crippen molar-refractivity contribution in [3.63, 3.8) is 0 Å². The third-order valence-electron chi connectivity index (χ3n) is 12.7. The van der Waals surface area contributed by atoms with Gasteiger partial charge in [-0.2, -0.15) is 5.10 Å². The Labute approximate surface area is 235 Å². The van der Waals surface area contributed by atoms with Crippen LogP contribution >= 0.6 is 0 Å². The van der Waals surface area contributed by atoms with E-state index in [2.05, 4.69) is 25.9 Å². The molecule has 2 aliphatic heterocycles. The van der Waals surface area contributed by atoms with E-state index in [0.29, 0.717) is 35.3 Å². The van der Waals surface area contributed by atoms with Crippen LogP contribution in [0.4, 0.5) is 0 Å². The summed E-state index contributed by atoms with van der Waals surface area (Å²) in [7, 11) is 1.84. The van der Waals surface area contributed by atoms with Crippen LogP contribution in [0.25, 0.3) is 5.57 Å². The standard InChI is InChI=1S/C32H42N2O6/c1-16-10-25(39-29(38)21(16)15-35)17(2)22-6-7-23-20-12-27-32(40-27)26(36)11-19(18-13-33-34(5)14-18)28(37)31(32,4)24(20)8-9-30(22,23)3/h11,13-14,17,20,22-27,35-36H,6-10,12,15H2,1-5H3/t17-,20-,22+,23-,24-,25+,26-,27?,30+,31-,32+/m0/s1. The lowest BCUT2D eigenvalue weighted by molar-refractivity contribution is -0.155. The summed E-state index contributed by atoms with van der Waals surface area (Å²) in [6.07, 6.45) is 9.86. The number of hydrogen-bond acceptors (Lipinski definition) is 7. The number of fused-ring (bicyclic) bond motifs is 4. The summed E-state index contributed by atoms with van der Waals surface area (Å²) in [6, 6.07) is 0. The van der Waals surface area contributed by atoms with E-state index in [0.717, 1.165) is 43.2 Å². The summed E-state index contributed by atoms with van der Waals surface area (Å²) < 4.78 is 14.0. The number of aliphatic hydroxyl groups is 2. The number of ketones is 1. The van der Waals surface area contributed by atoms with Gasteiger partial charge in [-0.3, -0.25) is 9.48 Å². The number of rotatable bonds is 4. The number of epoxide rings is 1. The molecule has 0 bridgehead atoms. The van der Waals surface area contributed by atoms with Crippen molar-refractivity contribution in [2.24, 2.45) is 47.5 Å². The molecule has 216 valence electrons. The highest BCUT2D eigenvalue weighted by Gasteiger charge is 2.81. The van der Waals surface area contributed by atoms with Gasteiger partial charge < -0.3 is 19.7 Å². The molecule has 0 amide bonds. The van der Waals surface area contributed by atoms with Gasteiger partial charge in [0.2, 0.25) is 0 Å². The molecule has 4 aliphatic carbocycles. The Morgan fingerprint density at radius 1 is 1.20 bits per heavy atom. The molecule has 8 nitrogen and oxygen atoms in total. The summed E-state index contributed by atoms with van der Waals surface area (Å²) in [5, 5.41) is 25.3. The van der Waals surface area contributed by atoms with Crippen molar-refractivity contribution < 1.29 is 29.3 Å². The Balaban J connectivity index is 1.18. The topological polar surface area (TPSA) is 114 Å². The number of cyclic esters (lactones) is 1. The predicted octanol–water partition coefficient (Wildman–Crippen LogP) is 3.61. The quantitative estimate of drug-likeness (QED) is 0.435. The van der Waals surface area contributed by atoms with Gasteiger partial charge in [-0.1, -0.05) is 19.4 Å². The molecule has 11 atom stereocenters. The first kappa shape index (κ1) is 26.6. The molecule has 0 aromatic carbocycles. The van der Waals surface area contributed by atoms with Gasteiger partial charge in [0, 0.05) is 30.8 Å². The highest BCUT2D eigenvalue weighted by atomic mass is 16.6. The van der Waals surface area contributed by atoms with Crippen molar-refractivity contribution in [2.45, 2.75) is 90.1 Å². The lowest BCUT2D eigenvalue weighted by Crippen LogP contribution is -2.64. The maximum atomic E-state index is 14.4. The molecule has 1 saturated heterocycles. The summed E-state index contributed by atoms with van der Waals surface area (Å²) in [6.45, 7) is 8.41. The number of ether oxygens (including phenoxy) is 2. The normalized spacial score (nSPS) is 46.6. The number of carbonyl (C=O) groups is 2. The molecular formula is C32H42N2O6. The molecule has 0 radical (unpaired) electrons. The Hall–Kier alpha value is -2.29. The molecule has 1 spiro atoms. The number of carbonyl (C=O) groups excluding carboxylic acids is 2. The van der Waals surface area contributed by atoms with Crippen LogP contribution in [0.5, 0.6) is 0 Å². The van der Waals surface area contributed by atoms with Crippen LogP contribution in [0, 0.1) is 40.4 Å². The smallest absolute Gasteiger partial charge is 0.336 e. The van der Waals surface area contributed by atoms with Gasteiger partial charge in [0.1, 0.15) is 17.8 Å². The van der Waals surface area contributed by atoms with E-state index in [9.17, 15) is 19.8 Å². The maximum Gasteiger partial charge on any atom is 0.336 e. The van der Waals surface area contributed by atoms with Crippen LogP contribution in [-0.2, 0) is 26.1 Å². The van der Waals surface area contributed by atoms with Crippen molar-refractivity contribution in [1.82, 2.24) is 9.78 Å². The van der Waals surface area contributed by atoms with E-state index in [1.807, 2.05) is 20.2 Å². The number of aliphatic hydroxyl groups excluding tert-OH is 2. The Kier molecular flexibility index (Phi) is 5.73. The first-order valence-corrected chi connectivity index (χ1v) is 15.1. The third-order valence-corrected chi connectivity index (χ3v) is 12.7.